The van der Waals surface area contributed by atoms with E-state index < -0.39 is 0 Å². The minimum atomic E-state index is 0.545. The predicted octanol–water partition coefficient (Wildman–Crippen LogP) is 2.35. The van der Waals surface area contributed by atoms with Crippen molar-refractivity contribution >= 4 is 11.4 Å². The van der Waals surface area contributed by atoms with Crippen LogP contribution in [-0.4, -0.2) is 19.4 Å². The summed E-state index contributed by atoms with van der Waals surface area (Å²) < 4.78 is 5.04. The molecule has 0 aliphatic carbocycles. The topological polar surface area (TPSA) is 45.1 Å². The van der Waals surface area contributed by atoms with E-state index in [-0.39, 0.29) is 0 Å². The Morgan fingerprint density at radius 2 is 2.07 bits per heavy atom. The summed E-state index contributed by atoms with van der Waals surface area (Å²) in [5, 5.41) is 10.5. The van der Waals surface area contributed by atoms with E-state index in [4.69, 9.17) is 10.1 Å². The van der Waals surface area contributed by atoms with Gasteiger partial charge in [0, 0.05) is 11.4 Å². The van der Waals surface area contributed by atoms with Crippen LogP contribution in [0.1, 0.15) is 6.42 Å². The Hall–Kier alpha value is -1.51. The second kappa shape index (κ2) is 5.27. The Morgan fingerprint density at radius 3 is 2.57 bits per heavy atom. The van der Waals surface area contributed by atoms with E-state index in [9.17, 15) is 0 Å². The second-order valence-corrected chi connectivity index (χ2v) is 2.94. The van der Waals surface area contributed by atoms with Gasteiger partial charge in [-0.3, -0.25) is 0 Å². The maximum absolute atomic E-state index is 7.42. The van der Waals surface area contributed by atoms with Gasteiger partial charge in [-0.05, 0) is 37.6 Å². The summed E-state index contributed by atoms with van der Waals surface area (Å²) in [5.41, 5.74) is 1.59. The van der Waals surface area contributed by atoms with Crippen molar-refractivity contribution in [1.82, 2.24) is 0 Å². The summed E-state index contributed by atoms with van der Waals surface area (Å²) in [6.45, 7) is 4.19. The van der Waals surface area contributed by atoms with Gasteiger partial charge in [0.05, 0.1) is 13.7 Å². The summed E-state index contributed by atoms with van der Waals surface area (Å²) in [5.74, 6) is 0.836. The molecule has 14 heavy (non-hydrogen) atoms. The van der Waals surface area contributed by atoms with Gasteiger partial charge in [0.15, 0.2) is 0 Å². The zero-order valence-electron chi connectivity index (χ0n) is 8.34. The van der Waals surface area contributed by atoms with Gasteiger partial charge in [-0.1, -0.05) is 0 Å². The van der Waals surface area contributed by atoms with Crippen LogP contribution in [0.25, 0.3) is 0 Å². The van der Waals surface area contributed by atoms with Crippen LogP contribution < -0.4 is 10.1 Å². The molecule has 0 heterocycles. The summed E-state index contributed by atoms with van der Waals surface area (Å²) in [7, 11) is 1.64. The number of methoxy groups -OCH3 is 1. The molecule has 0 unspecified atom stereocenters. The van der Waals surface area contributed by atoms with Crippen molar-refractivity contribution in [3.05, 3.63) is 31.2 Å². The molecule has 0 saturated carbocycles. The molecule has 1 aromatic rings. The Kier molecular flexibility index (Phi) is 3.98. The fraction of sp³-hybridized carbons (Fsp3) is 0.273. The van der Waals surface area contributed by atoms with Crippen LogP contribution in [0, 0.1) is 12.3 Å². The summed E-state index contributed by atoms with van der Waals surface area (Å²) in [6.07, 6.45) is 0.545. The molecule has 0 fully saturated rings. The number of anilines is 1. The van der Waals surface area contributed by atoms with Gasteiger partial charge in [-0.15, -0.1) is 0 Å². The van der Waals surface area contributed by atoms with Gasteiger partial charge in [0.25, 0.3) is 0 Å². The molecule has 0 spiro atoms. The fourth-order valence-corrected chi connectivity index (χ4v) is 1.01. The van der Waals surface area contributed by atoms with Gasteiger partial charge in [-0.25, -0.2) is 0 Å². The highest BCUT2D eigenvalue weighted by Gasteiger charge is 1.95. The Labute approximate surface area is 84.6 Å². The molecule has 0 aromatic heterocycles. The van der Waals surface area contributed by atoms with Gasteiger partial charge < -0.3 is 15.5 Å². The van der Waals surface area contributed by atoms with Crippen molar-refractivity contribution in [2.24, 2.45) is 0 Å². The van der Waals surface area contributed by atoms with Crippen LogP contribution in [0.15, 0.2) is 24.3 Å². The van der Waals surface area contributed by atoms with Crippen LogP contribution in [0.3, 0.4) is 0 Å². The van der Waals surface area contributed by atoms with Crippen LogP contribution in [0.4, 0.5) is 5.69 Å². The van der Waals surface area contributed by atoms with Gasteiger partial charge in [0.1, 0.15) is 5.75 Å². The first-order valence-electron chi connectivity index (χ1n) is 4.49. The van der Waals surface area contributed by atoms with Crippen molar-refractivity contribution in [2.45, 2.75) is 6.42 Å². The summed E-state index contributed by atoms with van der Waals surface area (Å²) in [4.78, 5) is 0. The lowest BCUT2D eigenvalue weighted by atomic mass is 10.2. The number of benzene rings is 1. The van der Waals surface area contributed by atoms with Crippen molar-refractivity contribution in [2.75, 3.05) is 19.0 Å². The average Bonchev–Trinajstić information content (AvgIpc) is 2.26. The van der Waals surface area contributed by atoms with E-state index in [1.807, 2.05) is 24.3 Å². The van der Waals surface area contributed by atoms with E-state index in [1.165, 1.54) is 0 Å². The van der Waals surface area contributed by atoms with E-state index in [0.717, 1.165) is 11.4 Å². The SMILES string of the molecule is [CH2]CC(=N)CNc1ccc(OC)cc1. The molecule has 2 N–H and O–H groups in total. The lowest BCUT2D eigenvalue weighted by molar-refractivity contribution is 0.415. The van der Waals surface area contributed by atoms with Gasteiger partial charge >= 0.3 is 0 Å². The molecule has 3 heteroatoms. The highest BCUT2D eigenvalue weighted by molar-refractivity contribution is 5.85. The van der Waals surface area contributed by atoms with Crippen LogP contribution in [0.5, 0.6) is 5.75 Å². The first-order valence-corrected chi connectivity index (χ1v) is 4.49. The lowest BCUT2D eigenvalue weighted by Crippen LogP contribution is -2.11. The van der Waals surface area contributed by atoms with Gasteiger partial charge in [-0.2, -0.15) is 0 Å². The maximum atomic E-state index is 7.42. The molecule has 0 amide bonds. The lowest BCUT2D eigenvalue weighted by Gasteiger charge is -2.06. The van der Waals surface area contributed by atoms with Gasteiger partial charge in [0.2, 0.25) is 0 Å². The van der Waals surface area contributed by atoms with E-state index in [2.05, 4.69) is 12.2 Å². The molecule has 1 radical (unpaired) electrons. The molecule has 0 atom stereocenters. The number of nitrogens with one attached hydrogen (secondary N) is 2. The van der Waals surface area contributed by atoms with Crippen molar-refractivity contribution in [3.8, 4) is 5.75 Å². The summed E-state index contributed by atoms with van der Waals surface area (Å²) in [6, 6.07) is 7.62. The highest BCUT2D eigenvalue weighted by Crippen LogP contribution is 2.14. The van der Waals surface area contributed by atoms with E-state index in [1.54, 1.807) is 7.11 Å². The minimum Gasteiger partial charge on any atom is -0.497 e. The second-order valence-electron chi connectivity index (χ2n) is 2.94. The molecule has 1 aromatic carbocycles. The number of ether oxygens (including phenoxy) is 1. The smallest absolute Gasteiger partial charge is 0.119 e. The van der Waals surface area contributed by atoms with Crippen molar-refractivity contribution < 1.29 is 4.74 Å². The standard InChI is InChI=1S/C11H15N2O/c1-3-9(12)8-13-10-4-6-11(14-2)7-5-10/h4-7,12-13H,1,3,8H2,2H3. The number of rotatable bonds is 5. The molecule has 75 valence electrons. The molecule has 0 aliphatic rings. The molecule has 0 bridgehead atoms. The first-order chi connectivity index (χ1) is 6.76. The molecule has 0 saturated heterocycles. The molecular weight excluding hydrogens is 176 g/mol. The zero-order chi connectivity index (χ0) is 10.4. The average molecular weight is 191 g/mol. The van der Waals surface area contributed by atoms with Crippen LogP contribution in [-0.2, 0) is 0 Å². The fourth-order valence-electron chi connectivity index (χ4n) is 1.01. The summed E-state index contributed by atoms with van der Waals surface area (Å²) >= 11 is 0. The predicted molar refractivity (Wildman–Crippen MR) is 59.2 cm³/mol. The third-order valence-corrected chi connectivity index (χ3v) is 1.90. The molecular formula is C11H15N2O. The highest BCUT2D eigenvalue weighted by atomic mass is 16.5. The molecule has 3 nitrogen and oxygen atoms in total. The monoisotopic (exact) mass is 191 g/mol. The normalized spacial score (nSPS) is 9.57. The Balaban J connectivity index is 2.47. The van der Waals surface area contributed by atoms with Crippen LogP contribution >= 0.6 is 0 Å². The molecule has 1 rings (SSSR count). The largest absolute Gasteiger partial charge is 0.497 e. The maximum Gasteiger partial charge on any atom is 0.119 e. The Bertz CT molecular complexity index is 293. The van der Waals surface area contributed by atoms with Crippen molar-refractivity contribution in [1.29, 1.82) is 5.41 Å². The van der Waals surface area contributed by atoms with E-state index >= 15 is 0 Å². The third-order valence-electron chi connectivity index (χ3n) is 1.90. The van der Waals surface area contributed by atoms with Crippen molar-refractivity contribution in [3.63, 3.8) is 0 Å². The zero-order valence-corrected chi connectivity index (χ0v) is 8.34. The Morgan fingerprint density at radius 1 is 1.43 bits per heavy atom. The first kappa shape index (κ1) is 10.6. The quantitative estimate of drug-likeness (QED) is 0.702. The number of hydrogen-bond donors (Lipinski definition) is 2. The minimum absolute atomic E-state index is 0.545. The van der Waals surface area contributed by atoms with E-state index in [0.29, 0.717) is 18.7 Å². The molecule has 0 aliphatic heterocycles. The van der Waals surface area contributed by atoms with Crippen LogP contribution in [0.2, 0.25) is 0 Å². The third kappa shape index (κ3) is 3.09. The number of hydrogen-bond acceptors (Lipinski definition) is 3.